The van der Waals surface area contributed by atoms with Crippen LogP contribution in [0.3, 0.4) is 0 Å². The molecule has 4 N–H and O–H groups in total. The topological polar surface area (TPSA) is 120 Å². The van der Waals surface area contributed by atoms with Crippen molar-refractivity contribution in [2.45, 2.75) is 50.9 Å². The van der Waals surface area contributed by atoms with Gasteiger partial charge in [0.1, 0.15) is 11.5 Å². The molecule has 9 nitrogen and oxygen atoms in total. The van der Waals surface area contributed by atoms with Crippen LogP contribution >= 0.6 is 0 Å². The van der Waals surface area contributed by atoms with E-state index in [4.69, 9.17) is 9.47 Å². The van der Waals surface area contributed by atoms with E-state index >= 15 is 0 Å². The predicted octanol–water partition coefficient (Wildman–Crippen LogP) is 4.18. The number of urea groups is 1. The first kappa shape index (κ1) is 25.5. The van der Waals surface area contributed by atoms with Gasteiger partial charge in [0.2, 0.25) is 0 Å². The van der Waals surface area contributed by atoms with Gasteiger partial charge in [-0.1, -0.05) is 18.2 Å². The highest BCUT2D eigenvalue weighted by Gasteiger charge is 2.23. The van der Waals surface area contributed by atoms with Crippen molar-refractivity contribution in [1.82, 2.24) is 15.1 Å². The molecule has 0 saturated heterocycles. The Morgan fingerprint density at radius 3 is 2.72 bits per heavy atom. The SMILES string of the molecule is COc1cccc(CN(CCCO)C(=O)Nc2ccc(-c3cn[nH]c3)cc2OC2CCC(O)CC2)c1. The highest BCUT2D eigenvalue weighted by atomic mass is 16.5. The molecular weight excluding hydrogens is 460 g/mol. The van der Waals surface area contributed by atoms with Gasteiger partial charge in [0.25, 0.3) is 0 Å². The maximum atomic E-state index is 13.4. The normalized spacial score (nSPS) is 17.4. The number of amides is 2. The van der Waals surface area contributed by atoms with Gasteiger partial charge in [0.05, 0.1) is 31.2 Å². The number of aromatic nitrogens is 2. The second-order valence-corrected chi connectivity index (χ2v) is 9.03. The van der Waals surface area contributed by atoms with Crippen molar-refractivity contribution in [3.63, 3.8) is 0 Å². The summed E-state index contributed by atoms with van der Waals surface area (Å²) in [5.41, 5.74) is 3.33. The van der Waals surface area contributed by atoms with E-state index in [1.807, 2.05) is 42.5 Å². The largest absolute Gasteiger partial charge is 0.497 e. The van der Waals surface area contributed by atoms with Gasteiger partial charge >= 0.3 is 6.03 Å². The summed E-state index contributed by atoms with van der Waals surface area (Å²) >= 11 is 0. The van der Waals surface area contributed by atoms with Crippen LogP contribution in [-0.4, -0.2) is 63.8 Å². The number of hydrogen-bond donors (Lipinski definition) is 4. The number of aliphatic hydroxyl groups is 2. The fourth-order valence-corrected chi connectivity index (χ4v) is 4.35. The van der Waals surface area contributed by atoms with Crippen molar-refractivity contribution >= 4 is 11.7 Å². The molecule has 1 aromatic heterocycles. The molecule has 1 heterocycles. The smallest absolute Gasteiger partial charge is 0.322 e. The van der Waals surface area contributed by atoms with E-state index in [1.54, 1.807) is 24.4 Å². The van der Waals surface area contributed by atoms with Gasteiger partial charge < -0.3 is 29.9 Å². The molecule has 0 radical (unpaired) electrons. The van der Waals surface area contributed by atoms with Crippen LogP contribution in [0.1, 0.15) is 37.7 Å². The molecule has 1 aliphatic carbocycles. The van der Waals surface area contributed by atoms with Crippen LogP contribution in [0.25, 0.3) is 11.1 Å². The Labute approximate surface area is 211 Å². The molecule has 36 heavy (non-hydrogen) atoms. The molecule has 0 aliphatic heterocycles. The third-order valence-corrected chi connectivity index (χ3v) is 6.37. The number of hydrogen-bond acceptors (Lipinski definition) is 6. The van der Waals surface area contributed by atoms with E-state index in [1.165, 1.54) is 0 Å². The Morgan fingerprint density at radius 2 is 2.00 bits per heavy atom. The average molecular weight is 495 g/mol. The fourth-order valence-electron chi connectivity index (χ4n) is 4.35. The summed E-state index contributed by atoms with van der Waals surface area (Å²) in [6, 6.07) is 13.0. The summed E-state index contributed by atoms with van der Waals surface area (Å²) in [5.74, 6) is 1.30. The Balaban J connectivity index is 1.55. The maximum absolute atomic E-state index is 13.4. The van der Waals surface area contributed by atoms with Gasteiger partial charge in [-0.25, -0.2) is 4.79 Å². The molecule has 4 rings (SSSR count). The third-order valence-electron chi connectivity index (χ3n) is 6.37. The zero-order valence-electron chi connectivity index (χ0n) is 20.5. The summed E-state index contributed by atoms with van der Waals surface area (Å²) in [6.45, 7) is 0.749. The Bertz CT molecular complexity index is 1110. The lowest BCUT2D eigenvalue weighted by atomic mass is 9.95. The minimum Gasteiger partial charge on any atom is -0.497 e. The summed E-state index contributed by atoms with van der Waals surface area (Å²) in [7, 11) is 1.61. The quantitative estimate of drug-likeness (QED) is 0.336. The first-order chi connectivity index (χ1) is 17.6. The number of aliphatic hydroxyl groups excluding tert-OH is 2. The number of rotatable bonds is 10. The van der Waals surface area contributed by atoms with Gasteiger partial charge in [-0.3, -0.25) is 5.10 Å². The van der Waals surface area contributed by atoms with E-state index < -0.39 is 0 Å². The zero-order valence-corrected chi connectivity index (χ0v) is 20.5. The van der Waals surface area contributed by atoms with Gasteiger partial charge in [0, 0.05) is 31.5 Å². The van der Waals surface area contributed by atoms with Gasteiger partial charge in [-0.05, 0) is 67.5 Å². The Morgan fingerprint density at radius 1 is 1.17 bits per heavy atom. The number of nitrogens with one attached hydrogen (secondary N) is 2. The van der Waals surface area contributed by atoms with Gasteiger partial charge in [0.15, 0.2) is 0 Å². The van der Waals surface area contributed by atoms with Crippen molar-refractivity contribution in [3.8, 4) is 22.6 Å². The number of benzene rings is 2. The van der Waals surface area contributed by atoms with Gasteiger partial charge in [-0.2, -0.15) is 5.10 Å². The molecule has 0 unspecified atom stereocenters. The monoisotopic (exact) mass is 494 g/mol. The Hall–Kier alpha value is -3.56. The molecule has 0 bridgehead atoms. The van der Waals surface area contributed by atoms with Crippen LogP contribution in [0.4, 0.5) is 10.5 Å². The summed E-state index contributed by atoms with van der Waals surface area (Å²) in [6.07, 6.45) is 6.59. The lowest BCUT2D eigenvalue weighted by Gasteiger charge is -2.28. The standard InChI is InChI=1S/C27H34N4O5/c1-35-24-5-2-4-19(14-24)18-31(12-3-13-32)27(34)30-25-11-6-20(21-16-28-29-17-21)15-26(25)36-23-9-7-22(33)8-10-23/h2,4-6,11,14-17,22-23,32-33H,3,7-10,12-13,18H2,1H3,(H,28,29)(H,30,34). The second kappa shape index (κ2) is 12.4. The average Bonchev–Trinajstić information content (AvgIpc) is 3.44. The highest BCUT2D eigenvalue weighted by molar-refractivity contribution is 5.91. The molecule has 0 atom stereocenters. The van der Waals surface area contributed by atoms with Crippen LogP contribution in [0, 0.1) is 0 Å². The number of carbonyl (C=O) groups excluding carboxylic acids is 1. The predicted molar refractivity (Wildman–Crippen MR) is 137 cm³/mol. The summed E-state index contributed by atoms with van der Waals surface area (Å²) in [4.78, 5) is 15.0. The second-order valence-electron chi connectivity index (χ2n) is 9.03. The highest BCUT2D eigenvalue weighted by Crippen LogP contribution is 2.34. The summed E-state index contributed by atoms with van der Waals surface area (Å²) < 4.78 is 11.7. The molecule has 1 saturated carbocycles. The van der Waals surface area contributed by atoms with Crippen LogP contribution in [0.15, 0.2) is 54.9 Å². The minimum absolute atomic E-state index is 0.0107. The van der Waals surface area contributed by atoms with E-state index in [-0.39, 0.29) is 24.8 Å². The van der Waals surface area contributed by atoms with Crippen molar-refractivity contribution < 1.29 is 24.5 Å². The molecular formula is C27H34N4O5. The van der Waals surface area contributed by atoms with E-state index in [0.717, 1.165) is 35.3 Å². The van der Waals surface area contributed by atoms with Crippen molar-refractivity contribution in [1.29, 1.82) is 0 Å². The number of methoxy groups -OCH3 is 1. The molecule has 2 aromatic carbocycles. The molecule has 192 valence electrons. The lowest BCUT2D eigenvalue weighted by Crippen LogP contribution is -2.36. The first-order valence-corrected chi connectivity index (χ1v) is 12.3. The first-order valence-electron chi connectivity index (χ1n) is 12.3. The Kier molecular flexibility index (Phi) is 8.80. The summed E-state index contributed by atoms with van der Waals surface area (Å²) in [5, 5.41) is 29.1. The number of carbonyl (C=O) groups is 1. The molecule has 3 aromatic rings. The van der Waals surface area contributed by atoms with Crippen LogP contribution < -0.4 is 14.8 Å². The van der Waals surface area contributed by atoms with E-state index in [9.17, 15) is 15.0 Å². The number of anilines is 1. The minimum atomic E-state index is -0.286. The van der Waals surface area contributed by atoms with Crippen LogP contribution in [0.2, 0.25) is 0 Å². The lowest BCUT2D eigenvalue weighted by molar-refractivity contribution is 0.0669. The third kappa shape index (κ3) is 6.77. The number of nitrogens with zero attached hydrogens (tertiary/aromatic N) is 2. The molecule has 1 fully saturated rings. The number of ether oxygens (including phenoxy) is 2. The van der Waals surface area contributed by atoms with Crippen LogP contribution in [-0.2, 0) is 6.54 Å². The molecule has 2 amide bonds. The van der Waals surface area contributed by atoms with Crippen molar-refractivity contribution in [3.05, 3.63) is 60.4 Å². The molecule has 9 heteroatoms. The number of aromatic amines is 1. The zero-order chi connectivity index (χ0) is 25.3. The van der Waals surface area contributed by atoms with Crippen molar-refractivity contribution in [2.24, 2.45) is 0 Å². The van der Waals surface area contributed by atoms with E-state index in [0.29, 0.717) is 43.8 Å². The molecule has 1 aliphatic rings. The maximum Gasteiger partial charge on any atom is 0.322 e. The van der Waals surface area contributed by atoms with Gasteiger partial charge in [-0.15, -0.1) is 0 Å². The van der Waals surface area contributed by atoms with Crippen LogP contribution in [0.5, 0.6) is 11.5 Å². The van der Waals surface area contributed by atoms with Crippen molar-refractivity contribution in [2.75, 3.05) is 25.6 Å². The van der Waals surface area contributed by atoms with E-state index in [2.05, 4.69) is 15.5 Å². The fraction of sp³-hybridized carbons (Fsp3) is 0.407. The number of H-pyrrole nitrogens is 1. The molecule has 0 spiro atoms.